The lowest BCUT2D eigenvalue weighted by Crippen LogP contribution is -2.31. The minimum atomic E-state index is -0.00165. The Bertz CT molecular complexity index is 1420. The Morgan fingerprint density at radius 2 is 1.85 bits per heavy atom. The van der Waals surface area contributed by atoms with Gasteiger partial charge in [0.1, 0.15) is 5.75 Å². The van der Waals surface area contributed by atoms with E-state index >= 15 is 0 Å². The molecule has 6 heteroatoms. The number of anilines is 1. The van der Waals surface area contributed by atoms with Crippen LogP contribution in [0.5, 0.6) is 5.75 Å². The summed E-state index contributed by atoms with van der Waals surface area (Å²) in [6.45, 7) is 2.98. The summed E-state index contributed by atoms with van der Waals surface area (Å²) in [5.41, 5.74) is 2.79. The number of carbonyl (C=O) groups excluding carboxylic acids is 1. The highest BCUT2D eigenvalue weighted by Crippen LogP contribution is 2.33. The summed E-state index contributed by atoms with van der Waals surface area (Å²) in [5, 5.41) is 2.97. The molecule has 0 unspecified atom stereocenters. The molecule has 0 N–H and O–H groups in total. The van der Waals surface area contributed by atoms with Crippen molar-refractivity contribution in [2.24, 2.45) is 0 Å². The fourth-order valence-electron chi connectivity index (χ4n) is 3.82. The number of hydrogen-bond donors (Lipinski definition) is 0. The Labute approximate surface area is 196 Å². The lowest BCUT2D eigenvalue weighted by atomic mass is 10.0. The molecule has 5 rings (SSSR count). The molecule has 0 radical (unpaired) electrons. The zero-order chi connectivity index (χ0) is 22.6. The van der Waals surface area contributed by atoms with E-state index in [0.717, 1.165) is 37.9 Å². The molecule has 2 aromatic heterocycles. The van der Waals surface area contributed by atoms with Gasteiger partial charge in [0, 0.05) is 12.4 Å². The van der Waals surface area contributed by atoms with Gasteiger partial charge in [0.2, 0.25) is 5.91 Å². The molecule has 5 aromatic rings. The zero-order valence-electron chi connectivity index (χ0n) is 18.3. The average molecular weight is 454 g/mol. The van der Waals surface area contributed by atoms with Crippen LogP contribution in [-0.2, 0) is 17.8 Å². The largest absolute Gasteiger partial charge is 0.494 e. The standard InChI is InChI=1S/C27H23N3O2S/c1-2-32-23-11-12-24-25(16-23)33-27(29-24)30(18-20-6-5-13-28-17-20)26(31)15-19-9-10-21-7-3-4-8-22(21)14-19/h3-14,16-17H,2,15,18H2,1H3. The molecule has 0 aliphatic carbocycles. The van der Waals surface area contributed by atoms with Gasteiger partial charge in [-0.15, -0.1) is 0 Å². The van der Waals surface area contributed by atoms with Gasteiger partial charge in [0.25, 0.3) is 0 Å². The van der Waals surface area contributed by atoms with Crippen LogP contribution >= 0.6 is 11.3 Å². The minimum absolute atomic E-state index is 0.00165. The summed E-state index contributed by atoms with van der Waals surface area (Å²) in [6.07, 6.45) is 3.82. The Morgan fingerprint density at radius 3 is 2.67 bits per heavy atom. The highest BCUT2D eigenvalue weighted by molar-refractivity contribution is 7.22. The maximum absolute atomic E-state index is 13.5. The normalized spacial score (nSPS) is 11.1. The first-order valence-electron chi connectivity index (χ1n) is 10.9. The van der Waals surface area contributed by atoms with E-state index in [0.29, 0.717) is 24.7 Å². The molecule has 164 valence electrons. The van der Waals surface area contributed by atoms with Crippen molar-refractivity contribution in [3.05, 3.63) is 96.3 Å². The molecular formula is C27H23N3O2S. The molecule has 0 atom stereocenters. The SMILES string of the molecule is CCOc1ccc2nc(N(Cc3cccnc3)C(=O)Cc3ccc4ccccc4c3)sc2c1. The predicted octanol–water partition coefficient (Wildman–Crippen LogP) is 6.02. The number of thiazole rings is 1. The molecule has 5 nitrogen and oxygen atoms in total. The molecule has 0 spiro atoms. The molecule has 1 amide bonds. The van der Waals surface area contributed by atoms with Crippen LogP contribution < -0.4 is 9.64 Å². The van der Waals surface area contributed by atoms with Crippen molar-refractivity contribution >= 4 is 43.4 Å². The first-order valence-corrected chi connectivity index (χ1v) is 11.7. The van der Waals surface area contributed by atoms with Crippen molar-refractivity contribution in [1.29, 1.82) is 0 Å². The quantitative estimate of drug-likeness (QED) is 0.302. The molecule has 0 aliphatic heterocycles. The fraction of sp³-hybridized carbons (Fsp3) is 0.148. The highest BCUT2D eigenvalue weighted by atomic mass is 32.1. The second-order valence-electron chi connectivity index (χ2n) is 7.76. The molecule has 2 heterocycles. The van der Waals surface area contributed by atoms with Gasteiger partial charge in [-0.1, -0.05) is 59.9 Å². The van der Waals surface area contributed by atoms with E-state index in [2.05, 4.69) is 29.2 Å². The number of amides is 1. The van der Waals surface area contributed by atoms with Gasteiger partial charge in [-0.05, 0) is 53.1 Å². The molecule has 0 saturated carbocycles. The van der Waals surface area contributed by atoms with E-state index in [1.54, 1.807) is 17.3 Å². The van der Waals surface area contributed by atoms with Gasteiger partial charge in [0.15, 0.2) is 5.13 Å². The van der Waals surface area contributed by atoms with Gasteiger partial charge < -0.3 is 4.74 Å². The predicted molar refractivity (Wildman–Crippen MR) is 134 cm³/mol. The van der Waals surface area contributed by atoms with Gasteiger partial charge in [-0.2, -0.15) is 0 Å². The maximum Gasteiger partial charge on any atom is 0.233 e. The van der Waals surface area contributed by atoms with Crippen LogP contribution in [0.25, 0.3) is 21.0 Å². The molecule has 3 aromatic carbocycles. The molecule has 0 saturated heterocycles. The van der Waals surface area contributed by atoms with Crippen LogP contribution in [0.1, 0.15) is 18.1 Å². The van der Waals surface area contributed by atoms with Gasteiger partial charge >= 0.3 is 0 Å². The van der Waals surface area contributed by atoms with Gasteiger partial charge in [-0.3, -0.25) is 14.7 Å². The van der Waals surface area contributed by atoms with Crippen LogP contribution in [0, 0.1) is 0 Å². The number of nitrogens with zero attached hydrogens (tertiary/aromatic N) is 3. The van der Waals surface area contributed by atoms with E-state index in [1.165, 1.54) is 11.3 Å². The molecule has 0 fully saturated rings. The van der Waals surface area contributed by atoms with Crippen LogP contribution in [0.4, 0.5) is 5.13 Å². The number of hydrogen-bond acceptors (Lipinski definition) is 5. The number of aromatic nitrogens is 2. The van der Waals surface area contributed by atoms with Crippen LogP contribution in [0.15, 0.2) is 85.2 Å². The first kappa shape index (κ1) is 21.1. The molecule has 33 heavy (non-hydrogen) atoms. The third-order valence-electron chi connectivity index (χ3n) is 5.42. The summed E-state index contributed by atoms with van der Waals surface area (Å²) in [7, 11) is 0. The summed E-state index contributed by atoms with van der Waals surface area (Å²) < 4.78 is 6.62. The Morgan fingerprint density at radius 1 is 0.970 bits per heavy atom. The van der Waals surface area contributed by atoms with Crippen molar-refractivity contribution < 1.29 is 9.53 Å². The van der Waals surface area contributed by atoms with E-state index in [4.69, 9.17) is 9.72 Å². The van der Waals surface area contributed by atoms with E-state index in [1.807, 2.05) is 55.5 Å². The van der Waals surface area contributed by atoms with Crippen molar-refractivity contribution in [3.63, 3.8) is 0 Å². The Kier molecular flexibility index (Phi) is 6.00. The minimum Gasteiger partial charge on any atom is -0.494 e. The van der Waals surface area contributed by atoms with Gasteiger partial charge in [0.05, 0.1) is 29.8 Å². The third kappa shape index (κ3) is 4.71. The number of carbonyl (C=O) groups is 1. The lowest BCUT2D eigenvalue weighted by molar-refractivity contribution is -0.118. The van der Waals surface area contributed by atoms with Crippen LogP contribution in [0.3, 0.4) is 0 Å². The average Bonchev–Trinajstić information content (AvgIpc) is 3.26. The number of benzene rings is 3. The third-order valence-corrected chi connectivity index (χ3v) is 6.47. The Balaban J connectivity index is 1.48. The Hall–Kier alpha value is -3.77. The second-order valence-corrected chi connectivity index (χ2v) is 8.77. The van der Waals surface area contributed by atoms with Crippen molar-refractivity contribution in [1.82, 2.24) is 9.97 Å². The number of ether oxygens (including phenoxy) is 1. The smallest absolute Gasteiger partial charge is 0.233 e. The number of fused-ring (bicyclic) bond motifs is 2. The van der Waals surface area contributed by atoms with Crippen molar-refractivity contribution in [2.75, 3.05) is 11.5 Å². The van der Waals surface area contributed by atoms with E-state index in [-0.39, 0.29) is 5.91 Å². The molecular weight excluding hydrogens is 430 g/mol. The summed E-state index contributed by atoms with van der Waals surface area (Å²) >= 11 is 1.50. The van der Waals surface area contributed by atoms with E-state index < -0.39 is 0 Å². The molecule has 0 aliphatic rings. The van der Waals surface area contributed by atoms with Crippen LogP contribution in [0.2, 0.25) is 0 Å². The number of pyridine rings is 1. The fourth-order valence-corrected chi connectivity index (χ4v) is 4.83. The highest BCUT2D eigenvalue weighted by Gasteiger charge is 2.21. The monoisotopic (exact) mass is 453 g/mol. The summed E-state index contributed by atoms with van der Waals surface area (Å²) in [4.78, 5) is 24.3. The van der Waals surface area contributed by atoms with Gasteiger partial charge in [-0.25, -0.2) is 4.98 Å². The van der Waals surface area contributed by atoms with Crippen molar-refractivity contribution in [2.45, 2.75) is 19.9 Å². The van der Waals surface area contributed by atoms with Crippen LogP contribution in [-0.4, -0.2) is 22.5 Å². The van der Waals surface area contributed by atoms with Crippen molar-refractivity contribution in [3.8, 4) is 5.75 Å². The second kappa shape index (κ2) is 9.38. The topological polar surface area (TPSA) is 55.3 Å². The zero-order valence-corrected chi connectivity index (χ0v) is 19.1. The summed E-state index contributed by atoms with van der Waals surface area (Å²) in [5.74, 6) is 0.805. The first-order chi connectivity index (χ1) is 16.2. The number of rotatable bonds is 7. The molecule has 0 bridgehead atoms. The lowest BCUT2D eigenvalue weighted by Gasteiger charge is -2.20. The maximum atomic E-state index is 13.5. The van der Waals surface area contributed by atoms with E-state index in [9.17, 15) is 4.79 Å². The summed E-state index contributed by atoms with van der Waals surface area (Å²) in [6, 6.07) is 24.1.